The highest BCUT2D eigenvalue weighted by atomic mass is 127. The van der Waals surface area contributed by atoms with Gasteiger partial charge in [0.1, 0.15) is 17.8 Å². The van der Waals surface area contributed by atoms with Crippen molar-refractivity contribution in [1.82, 2.24) is 0 Å². The van der Waals surface area contributed by atoms with Crippen LogP contribution in [0.1, 0.15) is 25.8 Å². The zero-order valence-electron chi connectivity index (χ0n) is 19.3. The molecule has 0 bridgehead atoms. The molecule has 1 aromatic rings. The van der Waals surface area contributed by atoms with Crippen molar-refractivity contribution in [1.29, 1.82) is 0 Å². The number of carbonyl (C=O) groups is 1. The molecule has 196 valence electrons. The first-order valence-corrected chi connectivity index (χ1v) is 11.7. The van der Waals surface area contributed by atoms with E-state index in [1.54, 1.807) is 25.1 Å². The molecule has 0 aliphatic heterocycles. The van der Waals surface area contributed by atoms with Gasteiger partial charge in [0.25, 0.3) is 0 Å². The Morgan fingerprint density at radius 3 is 2.53 bits per heavy atom. The normalized spacial score (nSPS) is 19.2. The van der Waals surface area contributed by atoms with Crippen LogP contribution >= 0.6 is 22.6 Å². The number of benzene rings is 1. The number of allylic oxidation sites excluding steroid dienone is 5. The van der Waals surface area contributed by atoms with Gasteiger partial charge in [-0.3, -0.25) is 0 Å². The summed E-state index contributed by atoms with van der Waals surface area (Å²) in [6, 6.07) is 5.04. The topological polar surface area (TPSA) is 55.8 Å². The molecular weight excluding hydrogens is 605 g/mol. The first-order valence-electron chi connectivity index (χ1n) is 10.7. The zero-order valence-corrected chi connectivity index (χ0v) is 21.4. The predicted octanol–water partition coefficient (Wildman–Crippen LogP) is 6.65. The first-order chi connectivity index (χ1) is 16.7. The Labute approximate surface area is 218 Å². The Morgan fingerprint density at radius 1 is 1.28 bits per heavy atom. The average molecular weight is 628 g/mol. The molecule has 36 heavy (non-hydrogen) atoms. The minimum atomic E-state index is -5.00. The molecule has 0 saturated carbocycles. The van der Waals surface area contributed by atoms with Gasteiger partial charge in [0.15, 0.2) is 6.10 Å². The lowest BCUT2D eigenvalue weighted by Gasteiger charge is -2.31. The van der Waals surface area contributed by atoms with E-state index < -0.39 is 41.8 Å². The molecule has 0 aromatic heterocycles. The van der Waals surface area contributed by atoms with Gasteiger partial charge in [0.2, 0.25) is 0 Å². The van der Waals surface area contributed by atoms with Crippen LogP contribution in [0.4, 0.5) is 26.3 Å². The molecule has 0 radical (unpaired) electrons. The summed E-state index contributed by atoms with van der Waals surface area (Å²) >= 11 is 2.00. The number of alkyl halides is 6. The van der Waals surface area contributed by atoms with E-state index in [-0.39, 0.29) is 25.2 Å². The van der Waals surface area contributed by atoms with Gasteiger partial charge in [-0.25, -0.2) is 4.79 Å². The third-order valence-corrected chi connectivity index (χ3v) is 6.03. The Hall–Kier alpha value is -2.46. The summed E-state index contributed by atoms with van der Waals surface area (Å²) in [5.41, 5.74) is -3.32. The van der Waals surface area contributed by atoms with Gasteiger partial charge in [-0.05, 0) is 65.8 Å². The highest BCUT2D eigenvalue weighted by Gasteiger charge is 2.55. The molecule has 1 aliphatic rings. The lowest BCUT2D eigenvalue weighted by atomic mass is 9.77. The van der Waals surface area contributed by atoms with Gasteiger partial charge in [-0.1, -0.05) is 36.1 Å². The van der Waals surface area contributed by atoms with Gasteiger partial charge in [0, 0.05) is 25.0 Å². The van der Waals surface area contributed by atoms with Crippen molar-refractivity contribution in [2.24, 2.45) is 5.41 Å². The third-order valence-electron chi connectivity index (χ3n) is 5.19. The molecule has 0 amide bonds. The molecule has 1 aromatic carbocycles. The lowest BCUT2D eigenvalue weighted by Crippen LogP contribution is -2.38. The third kappa shape index (κ3) is 8.03. The summed E-state index contributed by atoms with van der Waals surface area (Å²) in [5.74, 6) is 3.70. The number of carboxylic acids is 1. The standard InChI is InChI=1S/C25H23F6IO4/c1-3-35-21(22(33)34)14-17-6-7-20(19(32)13-17)36-12-9-16(2)8-11-23(25(29,30)31)10-4-5-18(15-23)24(26,27)28/h4-7,9-10,13,21H,3,12,14-15H2,1-2H3,(H,33,34)/b16-9-/t21-,23?/m0/s1. The second-order valence-corrected chi connectivity index (χ2v) is 9.06. The SMILES string of the molecule is CCO[C@@H](Cc1ccc(OC/C=C(/C)C#CC2(C(F)(F)F)C=CC=C(C(F)(F)F)C2)c(I)c1)C(=O)O. The molecule has 2 atom stereocenters. The summed E-state index contributed by atoms with van der Waals surface area (Å²) < 4.78 is 91.6. The minimum Gasteiger partial charge on any atom is -0.488 e. The van der Waals surface area contributed by atoms with Crippen molar-refractivity contribution in [3.8, 4) is 17.6 Å². The Bertz CT molecular complexity index is 1110. The Balaban J connectivity index is 2.10. The van der Waals surface area contributed by atoms with Crippen LogP contribution < -0.4 is 4.74 Å². The number of hydrogen-bond acceptors (Lipinski definition) is 3. The van der Waals surface area contributed by atoms with Gasteiger partial charge in [0.05, 0.1) is 3.57 Å². The van der Waals surface area contributed by atoms with E-state index in [9.17, 15) is 36.2 Å². The maximum atomic E-state index is 13.7. The van der Waals surface area contributed by atoms with Gasteiger partial charge in [-0.15, -0.1) is 0 Å². The molecule has 2 rings (SSSR count). The fraction of sp³-hybridized carbons (Fsp3) is 0.400. The number of aliphatic carboxylic acids is 1. The summed E-state index contributed by atoms with van der Waals surface area (Å²) in [6.07, 6.45) is -8.61. The largest absolute Gasteiger partial charge is 0.488 e. The molecule has 1 unspecified atom stereocenters. The van der Waals surface area contributed by atoms with Gasteiger partial charge >= 0.3 is 18.3 Å². The molecule has 0 spiro atoms. The smallest absolute Gasteiger partial charge is 0.412 e. The summed E-state index contributed by atoms with van der Waals surface area (Å²) in [5, 5.41) is 9.21. The maximum absolute atomic E-state index is 13.7. The number of halogens is 7. The molecular formula is C25H23F6IO4. The first kappa shape index (κ1) is 29.8. The number of rotatable bonds is 8. The fourth-order valence-electron chi connectivity index (χ4n) is 3.23. The number of ether oxygens (including phenoxy) is 2. The van der Waals surface area contributed by atoms with Crippen LogP contribution in [0, 0.1) is 20.8 Å². The van der Waals surface area contributed by atoms with Crippen molar-refractivity contribution in [3.05, 3.63) is 62.8 Å². The van der Waals surface area contributed by atoms with E-state index in [2.05, 4.69) is 5.92 Å². The van der Waals surface area contributed by atoms with Gasteiger partial charge < -0.3 is 14.6 Å². The maximum Gasteiger partial charge on any atom is 0.412 e. The zero-order chi connectivity index (χ0) is 27.1. The van der Waals surface area contributed by atoms with Crippen molar-refractivity contribution in [2.45, 2.75) is 45.1 Å². The van der Waals surface area contributed by atoms with E-state index >= 15 is 0 Å². The average Bonchev–Trinajstić information content (AvgIpc) is 2.77. The molecule has 1 N–H and O–H groups in total. The molecule has 0 saturated heterocycles. The van der Waals surface area contributed by atoms with E-state index in [4.69, 9.17) is 9.47 Å². The molecule has 0 heterocycles. The van der Waals surface area contributed by atoms with Crippen LogP contribution in [0.5, 0.6) is 5.75 Å². The van der Waals surface area contributed by atoms with E-state index in [0.717, 1.165) is 11.6 Å². The van der Waals surface area contributed by atoms with E-state index in [0.29, 0.717) is 21.5 Å². The molecule has 1 aliphatic carbocycles. The molecule has 4 nitrogen and oxygen atoms in total. The minimum absolute atomic E-state index is 0.0465. The van der Waals surface area contributed by atoms with Crippen molar-refractivity contribution < 1.29 is 45.7 Å². The summed E-state index contributed by atoms with van der Waals surface area (Å²) in [6.45, 7) is 3.34. The highest BCUT2D eigenvalue weighted by molar-refractivity contribution is 14.1. The second kappa shape index (κ2) is 12.2. The van der Waals surface area contributed by atoms with Gasteiger partial charge in [-0.2, -0.15) is 26.3 Å². The Morgan fingerprint density at radius 2 is 1.97 bits per heavy atom. The van der Waals surface area contributed by atoms with E-state index in [1.165, 1.54) is 13.0 Å². The van der Waals surface area contributed by atoms with Crippen LogP contribution in [0.2, 0.25) is 0 Å². The monoisotopic (exact) mass is 628 g/mol. The van der Waals surface area contributed by atoms with Crippen molar-refractivity contribution in [2.75, 3.05) is 13.2 Å². The van der Waals surface area contributed by atoms with E-state index in [1.807, 2.05) is 28.5 Å². The van der Waals surface area contributed by atoms with Crippen LogP contribution in [-0.4, -0.2) is 42.7 Å². The predicted molar refractivity (Wildman–Crippen MR) is 129 cm³/mol. The quantitative estimate of drug-likeness (QED) is 0.199. The summed E-state index contributed by atoms with van der Waals surface area (Å²) in [7, 11) is 0. The number of hydrogen-bond donors (Lipinski definition) is 1. The highest BCUT2D eigenvalue weighted by Crippen LogP contribution is 2.48. The van der Waals surface area contributed by atoms with Crippen LogP contribution in [0.15, 0.2) is 53.6 Å². The number of carboxylic acid groups (broad SMARTS) is 1. The Kier molecular flexibility index (Phi) is 10.1. The van der Waals surface area contributed by atoms with Crippen molar-refractivity contribution in [3.63, 3.8) is 0 Å². The second-order valence-electron chi connectivity index (χ2n) is 7.89. The summed E-state index contributed by atoms with van der Waals surface area (Å²) in [4.78, 5) is 11.3. The van der Waals surface area contributed by atoms with Crippen LogP contribution in [0.3, 0.4) is 0 Å². The van der Waals surface area contributed by atoms with Crippen molar-refractivity contribution >= 4 is 28.6 Å². The van der Waals surface area contributed by atoms with Crippen LogP contribution in [-0.2, 0) is 16.0 Å². The fourth-order valence-corrected chi connectivity index (χ4v) is 3.97. The van der Waals surface area contributed by atoms with Crippen LogP contribution in [0.25, 0.3) is 0 Å². The molecule has 11 heteroatoms. The lowest BCUT2D eigenvalue weighted by molar-refractivity contribution is -0.190. The molecule has 0 fully saturated rings.